The lowest BCUT2D eigenvalue weighted by Crippen LogP contribution is -2.50. The molecule has 1 amide bonds. The van der Waals surface area contributed by atoms with E-state index in [1.54, 1.807) is 0 Å². The SMILES string of the molecule is Cl.O=C(NC1CNCCC1c1ccc(F)c(F)c1)c1ccc(F)c(F)c1. The number of hydrogen-bond acceptors (Lipinski definition) is 2. The minimum Gasteiger partial charge on any atom is -0.347 e. The number of benzene rings is 2. The van der Waals surface area contributed by atoms with Crippen LogP contribution < -0.4 is 10.6 Å². The van der Waals surface area contributed by atoms with Gasteiger partial charge in [0.25, 0.3) is 5.91 Å². The Labute approximate surface area is 154 Å². The predicted octanol–water partition coefficient (Wildman–Crippen LogP) is 3.54. The fourth-order valence-electron chi connectivity index (χ4n) is 3.04. The van der Waals surface area contributed by atoms with Crippen molar-refractivity contribution in [3.8, 4) is 0 Å². The fraction of sp³-hybridized carbons (Fsp3) is 0.278. The first-order chi connectivity index (χ1) is 12.0. The van der Waals surface area contributed by atoms with E-state index in [0.717, 1.165) is 24.3 Å². The maximum absolute atomic E-state index is 13.5. The second-order valence-electron chi connectivity index (χ2n) is 5.98. The summed E-state index contributed by atoms with van der Waals surface area (Å²) in [5.74, 6) is -4.78. The molecule has 1 heterocycles. The van der Waals surface area contributed by atoms with Crippen LogP contribution in [0.3, 0.4) is 0 Å². The van der Waals surface area contributed by atoms with Gasteiger partial charge in [-0.3, -0.25) is 4.79 Å². The molecule has 1 aliphatic heterocycles. The lowest BCUT2D eigenvalue weighted by atomic mass is 9.85. The number of hydrogen-bond donors (Lipinski definition) is 2. The molecule has 3 nitrogen and oxygen atoms in total. The molecule has 1 fully saturated rings. The lowest BCUT2D eigenvalue weighted by molar-refractivity contribution is 0.0924. The summed E-state index contributed by atoms with van der Waals surface area (Å²) in [7, 11) is 0. The highest BCUT2D eigenvalue weighted by Gasteiger charge is 2.28. The van der Waals surface area contributed by atoms with Crippen molar-refractivity contribution in [2.24, 2.45) is 0 Å². The van der Waals surface area contributed by atoms with Crippen LogP contribution in [-0.4, -0.2) is 25.0 Å². The van der Waals surface area contributed by atoms with Crippen LogP contribution >= 0.6 is 12.4 Å². The van der Waals surface area contributed by atoms with Gasteiger partial charge in [0.05, 0.1) is 0 Å². The van der Waals surface area contributed by atoms with Crippen LogP contribution in [0.15, 0.2) is 36.4 Å². The molecule has 8 heteroatoms. The monoisotopic (exact) mass is 388 g/mol. The van der Waals surface area contributed by atoms with Crippen LogP contribution in [0, 0.1) is 23.3 Å². The van der Waals surface area contributed by atoms with Gasteiger partial charge < -0.3 is 10.6 Å². The smallest absolute Gasteiger partial charge is 0.251 e. The Balaban J connectivity index is 0.00000243. The molecule has 2 atom stereocenters. The molecular weight excluding hydrogens is 372 g/mol. The van der Waals surface area contributed by atoms with E-state index >= 15 is 0 Å². The van der Waals surface area contributed by atoms with Gasteiger partial charge in [-0.05, 0) is 48.9 Å². The number of rotatable bonds is 3. The van der Waals surface area contributed by atoms with Gasteiger partial charge in [0, 0.05) is 24.1 Å². The Hall–Kier alpha value is -2.12. The summed E-state index contributed by atoms with van der Waals surface area (Å²) in [6, 6.07) is 6.19. The highest BCUT2D eigenvalue weighted by Crippen LogP contribution is 2.27. The van der Waals surface area contributed by atoms with Gasteiger partial charge in [-0.25, -0.2) is 17.6 Å². The zero-order valence-corrected chi connectivity index (χ0v) is 14.4. The van der Waals surface area contributed by atoms with Crippen LogP contribution in [0.25, 0.3) is 0 Å². The average Bonchev–Trinajstić information content (AvgIpc) is 2.60. The van der Waals surface area contributed by atoms with Gasteiger partial charge in [-0.15, -0.1) is 12.4 Å². The second-order valence-corrected chi connectivity index (χ2v) is 5.98. The van der Waals surface area contributed by atoms with Crippen LogP contribution in [0.1, 0.15) is 28.3 Å². The maximum atomic E-state index is 13.5. The maximum Gasteiger partial charge on any atom is 0.251 e. The van der Waals surface area contributed by atoms with Gasteiger partial charge >= 0.3 is 0 Å². The van der Waals surface area contributed by atoms with Crippen molar-refractivity contribution in [1.82, 2.24) is 10.6 Å². The molecule has 140 valence electrons. The van der Waals surface area contributed by atoms with Gasteiger partial charge in [-0.1, -0.05) is 6.07 Å². The third-order valence-electron chi connectivity index (χ3n) is 4.35. The van der Waals surface area contributed by atoms with E-state index in [1.165, 1.54) is 12.1 Å². The topological polar surface area (TPSA) is 41.1 Å². The second kappa shape index (κ2) is 8.51. The largest absolute Gasteiger partial charge is 0.347 e. The summed E-state index contributed by atoms with van der Waals surface area (Å²) < 4.78 is 52.9. The molecule has 0 spiro atoms. The van der Waals surface area contributed by atoms with E-state index in [-0.39, 0.29) is 29.9 Å². The lowest BCUT2D eigenvalue weighted by Gasteiger charge is -2.33. The van der Waals surface area contributed by atoms with Crippen molar-refractivity contribution in [3.05, 3.63) is 70.8 Å². The molecule has 2 aromatic carbocycles. The van der Waals surface area contributed by atoms with Gasteiger partial charge in [0.15, 0.2) is 23.3 Å². The fourth-order valence-corrected chi connectivity index (χ4v) is 3.04. The molecule has 2 unspecified atom stereocenters. The average molecular weight is 389 g/mol. The van der Waals surface area contributed by atoms with E-state index in [1.807, 2.05) is 0 Å². The summed E-state index contributed by atoms with van der Waals surface area (Å²) in [5.41, 5.74) is 0.574. The van der Waals surface area contributed by atoms with Gasteiger partial charge in [-0.2, -0.15) is 0 Å². The van der Waals surface area contributed by atoms with E-state index in [9.17, 15) is 22.4 Å². The quantitative estimate of drug-likeness (QED) is 0.790. The van der Waals surface area contributed by atoms with Gasteiger partial charge in [0.2, 0.25) is 0 Å². The highest BCUT2D eigenvalue weighted by atomic mass is 35.5. The Morgan fingerprint density at radius 3 is 2.27 bits per heavy atom. The first kappa shape index (κ1) is 20.2. The van der Waals surface area contributed by atoms with Crippen molar-refractivity contribution >= 4 is 18.3 Å². The molecule has 0 radical (unpaired) electrons. The molecule has 0 bridgehead atoms. The predicted molar refractivity (Wildman–Crippen MR) is 91.4 cm³/mol. The molecule has 2 aromatic rings. The normalized spacial score (nSPS) is 19.5. The molecule has 1 saturated heterocycles. The van der Waals surface area contributed by atoms with Crippen molar-refractivity contribution in [2.45, 2.75) is 18.4 Å². The zero-order valence-electron chi connectivity index (χ0n) is 13.6. The Bertz CT molecular complexity index is 803. The van der Waals surface area contributed by atoms with Crippen LogP contribution in [0.4, 0.5) is 17.6 Å². The number of halogens is 5. The first-order valence-corrected chi connectivity index (χ1v) is 7.87. The van der Waals surface area contributed by atoms with E-state index in [2.05, 4.69) is 10.6 Å². The van der Waals surface area contributed by atoms with E-state index in [4.69, 9.17) is 0 Å². The molecule has 3 rings (SSSR count). The molecule has 0 saturated carbocycles. The minimum absolute atomic E-state index is 0. The molecule has 26 heavy (non-hydrogen) atoms. The zero-order chi connectivity index (χ0) is 18.0. The van der Waals surface area contributed by atoms with Crippen molar-refractivity contribution in [1.29, 1.82) is 0 Å². The summed E-state index contributed by atoms with van der Waals surface area (Å²) in [6.07, 6.45) is 0.619. The summed E-state index contributed by atoms with van der Waals surface area (Å²) in [5, 5.41) is 5.88. The molecule has 0 aliphatic carbocycles. The van der Waals surface area contributed by atoms with E-state index < -0.39 is 29.2 Å². The van der Waals surface area contributed by atoms with Crippen LogP contribution in [-0.2, 0) is 0 Å². The summed E-state index contributed by atoms with van der Waals surface area (Å²) in [4.78, 5) is 12.3. The third kappa shape index (κ3) is 4.34. The number of amides is 1. The Kier molecular flexibility index (Phi) is 6.61. The van der Waals surface area contributed by atoms with Gasteiger partial charge in [0.1, 0.15) is 0 Å². The van der Waals surface area contributed by atoms with Crippen molar-refractivity contribution in [3.63, 3.8) is 0 Å². The van der Waals surface area contributed by atoms with Crippen molar-refractivity contribution in [2.75, 3.05) is 13.1 Å². The van der Waals surface area contributed by atoms with Crippen LogP contribution in [0.5, 0.6) is 0 Å². The molecular formula is C18H17ClF4N2O. The van der Waals surface area contributed by atoms with Crippen molar-refractivity contribution < 1.29 is 22.4 Å². The first-order valence-electron chi connectivity index (χ1n) is 7.87. The Morgan fingerprint density at radius 2 is 1.62 bits per heavy atom. The highest BCUT2D eigenvalue weighted by molar-refractivity contribution is 5.94. The number of carbonyl (C=O) groups excluding carboxylic acids is 1. The Morgan fingerprint density at radius 1 is 0.962 bits per heavy atom. The minimum atomic E-state index is -1.11. The standard InChI is InChI=1S/C18H16F4N2O.ClH/c19-13-3-1-10(7-15(13)21)12-5-6-23-9-17(12)24-18(25)11-2-4-14(20)16(22)8-11;/h1-4,7-8,12,17,23H,5-6,9H2,(H,24,25);1H. The third-order valence-corrected chi connectivity index (χ3v) is 4.35. The summed E-state index contributed by atoms with van der Waals surface area (Å²) in [6.45, 7) is 1.10. The molecule has 1 aliphatic rings. The summed E-state index contributed by atoms with van der Waals surface area (Å²) >= 11 is 0. The molecule has 0 aromatic heterocycles. The van der Waals surface area contributed by atoms with Crippen LogP contribution in [0.2, 0.25) is 0 Å². The number of nitrogens with one attached hydrogen (secondary N) is 2. The molecule has 2 N–H and O–H groups in total. The number of carbonyl (C=O) groups is 1. The number of piperidine rings is 1. The van der Waals surface area contributed by atoms with E-state index in [0.29, 0.717) is 25.1 Å².